The Hall–Kier alpha value is -2.81. The molecule has 104 valence electrons. The second kappa shape index (κ2) is 5.29. The molecule has 0 atom stereocenters. The van der Waals surface area contributed by atoms with Crippen molar-refractivity contribution in [1.29, 1.82) is 0 Å². The van der Waals surface area contributed by atoms with E-state index in [9.17, 15) is 9.90 Å². The van der Waals surface area contributed by atoms with Crippen LogP contribution in [-0.4, -0.2) is 18.0 Å². The minimum absolute atomic E-state index is 0.0235. The first-order valence-electron chi connectivity index (χ1n) is 6.60. The van der Waals surface area contributed by atoms with Crippen LogP contribution in [0.4, 0.5) is 0 Å². The molecule has 0 radical (unpaired) electrons. The van der Waals surface area contributed by atoms with E-state index in [0.717, 1.165) is 10.8 Å². The van der Waals surface area contributed by atoms with Crippen molar-refractivity contribution in [3.8, 4) is 11.5 Å². The molecule has 3 aromatic rings. The largest absolute Gasteiger partial charge is 0.507 e. The Morgan fingerprint density at radius 2 is 1.52 bits per heavy atom. The highest BCUT2D eigenvalue weighted by atomic mass is 16.5. The molecule has 3 aromatic carbocycles. The molecular weight excluding hydrogens is 264 g/mol. The zero-order valence-corrected chi connectivity index (χ0v) is 11.5. The number of carbonyl (C=O) groups excluding carboxylic acids is 1. The van der Waals surface area contributed by atoms with Crippen LogP contribution >= 0.6 is 0 Å². The van der Waals surface area contributed by atoms with Gasteiger partial charge in [0.05, 0.1) is 18.2 Å². The second-order valence-electron chi connectivity index (χ2n) is 4.75. The molecule has 1 N–H and O–H groups in total. The van der Waals surface area contributed by atoms with E-state index in [0.29, 0.717) is 11.3 Å². The standard InChI is InChI=1S/C18H14O3/c1-21-17-9-5-4-8-14(17)18(20)15-10-12-6-2-3-7-13(12)11-16(15)19/h2-11,19H,1H3. The number of benzene rings is 3. The zero-order valence-electron chi connectivity index (χ0n) is 11.5. The Morgan fingerprint density at radius 1 is 0.905 bits per heavy atom. The highest BCUT2D eigenvalue weighted by Crippen LogP contribution is 2.29. The van der Waals surface area contributed by atoms with Gasteiger partial charge in [-0.05, 0) is 35.0 Å². The molecule has 0 saturated heterocycles. The summed E-state index contributed by atoms with van der Waals surface area (Å²) >= 11 is 0. The Bertz CT molecular complexity index is 822. The first-order valence-corrected chi connectivity index (χ1v) is 6.60. The lowest BCUT2D eigenvalue weighted by molar-refractivity contribution is 0.103. The van der Waals surface area contributed by atoms with Crippen LogP contribution in [0, 0.1) is 0 Å². The monoisotopic (exact) mass is 278 g/mol. The third-order valence-corrected chi connectivity index (χ3v) is 3.46. The molecule has 0 saturated carbocycles. The van der Waals surface area contributed by atoms with Crippen LogP contribution in [-0.2, 0) is 0 Å². The van der Waals surface area contributed by atoms with Crippen molar-refractivity contribution < 1.29 is 14.6 Å². The normalized spacial score (nSPS) is 10.5. The number of hydrogen-bond donors (Lipinski definition) is 1. The molecule has 0 aliphatic carbocycles. The second-order valence-corrected chi connectivity index (χ2v) is 4.75. The molecule has 3 nitrogen and oxygen atoms in total. The maximum absolute atomic E-state index is 12.7. The fourth-order valence-electron chi connectivity index (χ4n) is 2.39. The number of carbonyl (C=O) groups is 1. The van der Waals surface area contributed by atoms with Gasteiger partial charge < -0.3 is 9.84 Å². The van der Waals surface area contributed by atoms with E-state index in [2.05, 4.69) is 0 Å². The van der Waals surface area contributed by atoms with Crippen LogP contribution in [0.15, 0.2) is 60.7 Å². The van der Waals surface area contributed by atoms with Gasteiger partial charge in [-0.15, -0.1) is 0 Å². The topological polar surface area (TPSA) is 46.5 Å². The van der Waals surface area contributed by atoms with E-state index in [1.54, 1.807) is 36.4 Å². The summed E-state index contributed by atoms with van der Waals surface area (Å²) in [5, 5.41) is 11.9. The molecule has 3 rings (SSSR count). The Labute approximate surface area is 122 Å². The van der Waals surface area contributed by atoms with Gasteiger partial charge in [0.25, 0.3) is 0 Å². The van der Waals surface area contributed by atoms with E-state index in [4.69, 9.17) is 4.74 Å². The first kappa shape index (κ1) is 13.2. The van der Waals surface area contributed by atoms with E-state index < -0.39 is 0 Å². The Kier molecular flexibility index (Phi) is 3.32. The lowest BCUT2D eigenvalue weighted by atomic mass is 9.98. The summed E-state index contributed by atoms with van der Waals surface area (Å²) in [4.78, 5) is 12.7. The van der Waals surface area contributed by atoms with Crippen LogP contribution in [0.2, 0.25) is 0 Å². The molecular formula is C18H14O3. The van der Waals surface area contributed by atoms with Gasteiger partial charge in [-0.1, -0.05) is 36.4 Å². The van der Waals surface area contributed by atoms with Crippen molar-refractivity contribution in [3.63, 3.8) is 0 Å². The minimum Gasteiger partial charge on any atom is -0.507 e. The van der Waals surface area contributed by atoms with Crippen LogP contribution < -0.4 is 4.74 Å². The van der Waals surface area contributed by atoms with Crippen LogP contribution in [0.3, 0.4) is 0 Å². The van der Waals surface area contributed by atoms with Crippen molar-refractivity contribution in [2.45, 2.75) is 0 Å². The highest BCUT2D eigenvalue weighted by molar-refractivity contribution is 6.14. The maximum Gasteiger partial charge on any atom is 0.200 e. The lowest BCUT2D eigenvalue weighted by Crippen LogP contribution is -2.04. The van der Waals surface area contributed by atoms with Crippen molar-refractivity contribution in [3.05, 3.63) is 71.8 Å². The third kappa shape index (κ3) is 2.34. The van der Waals surface area contributed by atoms with E-state index >= 15 is 0 Å². The summed E-state index contributed by atoms with van der Waals surface area (Å²) in [7, 11) is 1.52. The number of hydrogen-bond acceptors (Lipinski definition) is 3. The van der Waals surface area contributed by atoms with Gasteiger partial charge in [0.2, 0.25) is 0 Å². The van der Waals surface area contributed by atoms with Crippen LogP contribution in [0.5, 0.6) is 11.5 Å². The van der Waals surface area contributed by atoms with Gasteiger partial charge in [0.1, 0.15) is 11.5 Å². The molecule has 0 amide bonds. The number of aromatic hydroxyl groups is 1. The molecule has 3 heteroatoms. The smallest absolute Gasteiger partial charge is 0.200 e. The summed E-state index contributed by atoms with van der Waals surface area (Å²) in [6.45, 7) is 0. The SMILES string of the molecule is COc1ccccc1C(=O)c1cc2ccccc2cc1O. The van der Waals surface area contributed by atoms with E-state index in [1.807, 2.05) is 24.3 Å². The molecule has 0 aliphatic heterocycles. The quantitative estimate of drug-likeness (QED) is 0.741. The van der Waals surface area contributed by atoms with Crippen molar-refractivity contribution in [2.24, 2.45) is 0 Å². The fraction of sp³-hybridized carbons (Fsp3) is 0.0556. The van der Waals surface area contributed by atoms with Crippen molar-refractivity contribution >= 4 is 16.6 Å². The molecule has 0 spiro atoms. The molecule has 0 heterocycles. The number of methoxy groups -OCH3 is 1. The van der Waals surface area contributed by atoms with Gasteiger partial charge in [0.15, 0.2) is 5.78 Å². The van der Waals surface area contributed by atoms with Gasteiger partial charge in [-0.2, -0.15) is 0 Å². The molecule has 0 fully saturated rings. The summed E-state index contributed by atoms with van der Waals surface area (Å²) in [5.74, 6) is 0.218. The third-order valence-electron chi connectivity index (χ3n) is 3.46. The van der Waals surface area contributed by atoms with E-state index in [-0.39, 0.29) is 17.1 Å². The minimum atomic E-state index is -0.254. The predicted octanol–water partition coefficient (Wildman–Crippen LogP) is 3.79. The summed E-state index contributed by atoms with van der Waals surface area (Å²) < 4.78 is 5.21. The number of phenolic OH excluding ortho intramolecular Hbond substituents is 1. The summed E-state index contributed by atoms with van der Waals surface area (Å²) in [5.41, 5.74) is 0.712. The van der Waals surface area contributed by atoms with Gasteiger partial charge in [-0.3, -0.25) is 4.79 Å². The number of para-hydroxylation sites is 1. The van der Waals surface area contributed by atoms with Gasteiger partial charge in [0, 0.05) is 0 Å². The van der Waals surface area contributed by atoms with Crippen LogP contribution in [0.25, 0.3) is 10.8 Å². The number of phenols is 1. The molecule has 0 aliphatic rings. The first-order chi connectivity index (χ1) is 10.2. The van der Waals surface area contributed by atoms with Gasteiger partial charge >= 0.3 is 0 Å². The van der Waals surface area contributed by atoms with Crippen molar-refractivity contribution in [2.75, 3.05) is 7.11 Å². The highest BCUT2D eigenvalue weighted by Gasteiger charge is 2.17. The van der Waals surface area contributed by atoms with Crippen LogP contribution in [0.1, 0.15) is 15.9 Å². The predicted molar refractivity (Wildman–Crippen MR) is 82.0 cm³/mol. The Balaban J connectivity index is 2.15. The number of ketones is 1. The average molecular weight is 278 g/mol. The molecule has 0 bridgehead atoms. The maximum atomic E-state index is 12.7. The summed E-state index contributed by atoms with van der Waals surface area (Å²) in [6, 6.07) is 17.9. The zero-order chi connectivity index (χ0) is 14.8. The fourth-order valence-corrected chi connectivity index (χ4v) is 2.39. The lowest BCUT2D eigenvalue weighted by Gasteiger charge is -2.09. The number of fused-ring (bicyclic) bond motifs is 1. The molecule has 0 aromatic heterocycles. The summed E-state index contributed by atoms with van der Waals surface area (Å²) in [6.07, 6.45) is 0. The Morgan fingerprint density at radius 3 is 2.24 bits per heavy atom. The number of rotatable bonds is 3. The molecule has 0 unspecified atom stereocenters. The number of ether oxygens (including phenoxy) is 1. The van der Waals surface area contributed by atoms with Gasteiger partial charge in [-0.25, -0.2) is 0 Å². The van der Waals surface area contributed by atoms with Crippen molar-refractivity contribution in [1.82, 2.24) is 0 Å². The van der Waals surface area contributed by atoms with E-state index in [1.165, 1.54) is 7.11 Å². The molecule has 21 heavy (non-hydrogen) atoms. The average Bonchev–Trinajstić information content (AvgIpc) is 2.53.